The Morgan fingerprint density at radius 1 is 1.30 bits per heavy atom. The van der Waals surface area contributed by atoms with Crippen LogP contribution in [0.5, 0.6) is 0 Å². The number of aromatic nitrogens is 2. The quantitative estimate of drug-likeness (QED) is 0.712. The Bertz CT molecular complexity index is 968. The van der Waals surface area contributed by atoms with Crippen molar-refractivity contribution >= 4 is 45.3 Å². The molecule has 6 nitrogen and oxygen atoms in total. The average Bonchev–Trinajstić information content (AvgIpc) is 3.36. The molecule has 2 amide bonds. The first-order valence-corrected chi connectivity index (χ1v) is 10.3. The molecule has 1 atom stereocenters. The van der Waals surface area contributed by atoms with E-state index in [0.29, 0.717) is 24.5 Å². The number of aryl methyl sites for hydroxylation is 1. The first kappa shape index (κ1) is 17.8. The van der Waals surface area contributed by atoms with Gasteiger partial charge in [-0.3, -0.25) is 9.59 Å². The van der Waals surface area contributed by atoms with Gasteiger partial charge in [0.15, 0.2) is 0 Å². The lowest BCUT2D eigenvalue weighted by Crippen LogP contribution is -2.24. The molecule has 1 aliphatic rings. The smallest absolute Gasteiger partial charge is 0.231 e. The zero-order chi connectivity index (χ0) is 18.8. The van der Waals surface area contributed by atoms with Gasteiger partial charge in [-0.1, -0.05) is 29.5 Å². The van der Waals surface area contributed by atoms with Gasteiger partial charge < -0.3 is 10.2 Å². The summed E-state index contributed by atoms with van der Waals surface area (Å²) in [6.07, 6.45) is 0.737. The SMILES string of the molecule is Cc1cccc(N2CC(c3nnc(NC(=O)Cc4cccs4)s3)CC2=O)c1. The van der Waals surface area contributed by atoms with Gasteiger partial charge >= 0.3 is 0 Å². The van der Waals surface area contributed by atoms with Crippen molar-refractivity contribution in [1.29, 1.82) is 0 Å². The molecule has 1 N–H and O–H groups in total. The average molecular weight is 399 g/mol. The van der Waals surface area contributed by atoms with Crippen molar-refractivity contribution in [3.8, 4) is 0 Å². The third kappa shape index (κ3) is 4.06. The molecule has 0 bridgehead atoms. The highest BCUT2D eigenvalue weighted by atomic mass is 32.1. The van der Waals surface area contributed by atoms with Gasteiger partial charge in [0.25, 0.3) is 0 Å². The Kier molecular flexibility index (Phi) is 5.00. The van der Waals surface area contributed by atoms with Crippen molar-refractivity contribution < 1.29 is 9.59 Å². The van der Waals surface area contributed by atoms with Crippen LogP contribution in [0.4, 0.5) is 10.8 Å². The third-order valence-corrected chi connectivity index (χ3v) is 6.27. The maximum Gasteiger partial charge on any atom is 0.231 e. The van der Waals surface area contributed by atoms with Crippen molar-refractivity contribution in [2.45, 2.75) is 25.7 Å². The predicted molar refractivity (Wildman–Crippen MR) is 107 cm³/mol. The molecule has 138 valence electrons. The Balaban J connectivity index is 1.41. The monoisotopic (exact) mass is 398 g/mol. The second-order valence-electron chi connectivity index (χ2n) is 6.49. The molecule has 2 aromatic heterocycles. The second-order valence-corrected chi connectivity index (χ2v) is 8.54. The standard InChI is InChI=1S/C19H18N4O2S2/c1-12-4-2-5-14(8-12)23-11-13(9-17(23)25)18-21-22-19(27-18)20-16(24)10-15-6-3-7-26-15/h2-8,13H,9-11H2,1H3,(H,20,22,24). The number of benzene rings is 1. The van der Waals surface area contributed by atoms with Crippen molar-refractivity contribution in [3.63, 3.8) is 0 Å². The van der Waals surface area contributed by atoms with Crippen LogP contribution in [-0.4, -0.2) is 28.6 Å². The van der Waals surface area contributed by atoms with Gasteiger partial charge in [0.05, 0.1) is 6.42 Å². The van der Waals surface area contributed by atoms with Gasteiger partial charge in [-0.2, -0.15) is 0 Å². The van der Waals surface area contributed by atoms with Crippen LogP contribution in [0.3, 0.4) is 0 Å². The van der Waals surface area contributed by atoms with Crippen LogP contribution in [0.15, 0.2) is 41.8 Å². The van der Waals surface area contributed by atoms with Crippen LogP contribution in [0, 0.1) is 6.92 Å². The van der Waals surface area contributed by atoms with Gasteiger partial charge in [0, 0.05) is 29.4 Å². The number of nitrogens with zero attached hydrogens (tertiary/aromatic N) is 3. The number of anilines is 2. The minimum Gasteiger partial charge on any atom is -0.312 e. The number of hydrogen-bond donors (Lipinski definition) is 1. The van der Waals surface area contributed by atoms with E-state index in [9.17, 15) is 9.59 Å². The van der Waals surface area contributed by atoms with Crippen molar-refractivity contribution in [3.05, 3.63) is 57.2 Å². The summed E-state index contributed by atoms with van der Waals surface area (Å²) in [6, 6.07) is 11.8. The minimum absolute atomic E-state index is 0.00143. The third-order valence-electron chi connectivity index (χ3n) is 4.39. The predicted octanol–water partition coefficient (Wildman–Crippen LogP) is 3.61. The number of amides is 2. The second kappa shape index (κ2) is 7.58. The number of carbonyl (C=O) groups excluding carboxylic acids is 2. The zero-order valence-corrected chi connectivity index (χ0v) is 16.3. The molecule has 8 heteroatoms. The molecule has 1 aliphatic heterocycles. The van der Waals surface area contributed by atoms with E-state index in [-0.39, 0.29) is 17.7 Å². The highest BCUT2D eigenvalue weighted by Gasteiger charge is 2.34. The molecule has 1 unspecified atom stereocenters. The normalized spacial score (nSPS) is 16.7. The fourth-order valence-corrected chi connectivity index (χ4v) is 4.66. The van der Waals surface area contributed by atoms with Gasteiger partial charge in [-0.05, 0) is 36.1 Å². The first-order chi connectivity index (χ1) is 13.1. The summed E-state index contributed by atoms with van der Waals surface area (Å²) in [5, 5.41) is 14.3. The summed E-state index contributed by atoms with van der Waals surface area (Å²) in [7, 11) is 0. The van der Waals surface area contributed by atoms with E-state index < -0.39 is 0 Å². The summed E-state index contributed by atoms with van der Waals surface area (Å²) in [5.41, 5.74) is 2.03. The Hall–Kier alpha value is -2.58. The Morgan fingerprint density at radius 3 is 2.96 bits per heavy atom. The first-order valence-electron chi connectivity index (χ1n) is 8.61. The lowest BCUT2D eigenvalue weighted by Gasteiger charge is -2.16. The van der Waals surface area contributed by atoms with Gasteiger partial charge in [0.1, 0.15) is 5.01 Å². The van der Waals surface area contributed by atoms with Crippen LogP contribution in [0.2, 0.25) is 0 Å². The van der Waals surface area contributed by atoms with Crippen LogP contribution >= 0.6 is 22.7 Å². The highest BCUT2D eigenvalue weighted by Crippen LogP contribution is 2.34. The lowest BCUT2D eigenvalue weighted by molar-refractivity contribution is -0.117. The molecule has 4 rings (SSSR count). The van der Waals surface area contributed by atoms with E-state index in [0.717, 1.165) is 21.1 Å². The Labute approximate surface area is 164 Å². The van der Waals surface area contributed by atoms with E-state index in [1.54, 1.807) is 16.2 Å². The molecule has 1 aromatic carbocycles. The van der Waals surface area contributed by atoms with Gasteiger partial charge in [-0.15, -0.1) is 21.5 Å². The number of carbonyl (C=O) groups is 2. The number of nitrogens with one attached hydrogen (secondary N) is 1. The number of thiophene rings is 1. The molecule has 1 fully saturated rings. The topological polar surface area (TPSA) is 75.2 Å². The molecule has 0 spiro atoms. The molecule has 1 saturated heterocycles. The zero-order valence-electron chi connectivity index (χ0n) is 14.7. The largest absolute Gasteiger partial charge is 0.312 e. The summed E-state index contributed by atoms with van der Waals surface area (Å²) in [6.45, 7) is 2.59. The van der Waals surface area contributed by atoms with Crippen molar-refractivity contribution in [2.75, 3.05) is 16.8 Å². The fraction of sp³-hybridized carbons (Fsp3) is 0.263. The van der Waals surface area contributed by atoms with E-state index >= 15 is 0 Å². The lowest BCUT2D eigenvalue weighted by atomic mass is 10.1. The molecule has 3 aromatic rings. The van der Waals surface area contributed by atoms with E-state index in [2.05, 4.69) is 15.5 Å². The van der Waals surface area contributed by atoms with Gasteiger partial charge in [-0.25, -0.2) is 0 Å². The maximum absolute atomic E-state index is 12.4. The van der Waals surface area contributed by atoms with Crippen molar-refractivity contribution in [2.24, 2.45) is 0 Å². The number of hydrogen-bond acceptors (Lipinski definition) is 6. The van der Waals surface area contributed by atoms with E-state index in [4.69, 9.17) is 0 Å². The van der Waals surface area contributed by atoms with Crippen molar-refractivity contribution in [1.82, 2.24) is 10.2 Å². The fourth-order valence-electron chi connectivity index (χ4n) is 3.10. The van der Waals surface area contributed by atoms with E-state index in [1.807, 2.05) is 48.7 Å². The number of rotatable bonds is 5. The van der Waals surface area contributed by atoms with Crippen LogP contribution < -0.4 is 10.2 Å². The summed E-state index contributed by atoms with van der Waals surface area (Å²) >= 11 is 2.89. The van der Waals surface area contributed by atoms with Crippen LogP contribution in [-0.2, 0) is 16.0 Å². The van der Waals surface area contributed by atoms with E-state index in [1.165, 1.54) is 11.3 Å². The van der Waals surface area contributed by atoms with Crippen LogP contribution in [0.25, 0.3) is 0 Å². The summed E-state index contributed by atoms with van der Waals surface area (Å²) < 4.78 is 0. The Morgan fingerprint density at radius 2 is 2.19 bits per heavy atom. The molecular weight excluding hydrogens is 380 g/mol. The molecule has 0 saturated carbocycles. The van der Waals surface area contributed by atoms with Gasteiger partial charge in [0.2, 0.25) is 16.9 Å². The highest BCUT2D eigenvalue weighted by molar-refractivity contribution is 7.15. The van der Waals surface area contributed by atoms with Crippen LogP contribution in [0.1, 0.15) is 27.8 Å². The minimum atomic E-state index is -0.107. The maximum atomic E-state index is 12.4. The molecule has 27 heavy (non-hydrogen) atoms. The summed E-state index contributed by atoms with van der Waals surface area (Å²) in [4.78, 5) is 27.4. The summed E-state index contributed by atoms with van der Waals surface area (Å²) in [5.74, 6) is -0.0217. The molecule has 0 radical (unpaired) electrons. The molecule has 0 aliphatic carbocycles. The molecular formula is C19H18N4O2S2. The molecule has 3 heterocycles.